The first-order valence-electron chi connectivity index (χ1n) is 7.25. The zero-order valence-corrected chi connectivity index (χ0v) is 13.1. The average molecular weight is 312 g/mol. The van der Waals surface area contributed by atoms with Crippen molar-refractivity contribution in [1.82, 2.24) is 10.3 Å². The fraction of sp³-hybridized carbons (Fsp3) is 0.600. The number of nitrogens with one attached hydrogen (secondary N) is 1. The summed E-state index contributed by atoms with van der Waals surface area (Å²) < 4.78 is 0. The van der Waals surface area contributed by atoms with Crippen molar-refractivity contribution in [2.75, 3.05) is 31.6 Å². The first kappa shape index (κ1) is 16.0. The van der Waals surface area contributed by atoms with Gasteiger partial charge in [-0.15, -0.1) is 0 Å². The third-order valence-corrected chi connectivity index (χ3v) is 4.37. The van der Waals surface area contributed by atoms with E-state index in [1.165, 1.54) is 0 Å². The number of rotatable bonds is 6. The molecule has 1 aliphatic carbocycles. The normalized spacial score (nSPS) is 16.7. The molecule has 0 aliphatic heterocycles. The number of aromatic nitrogens is 1. The van der Waals surface area contributed by atoms with Gasteiger partial charge in [-0.05, 0) is 25.0 Å². The molecule has 2 N–H and O–H groups in total. The molecule has 0 spiro atoms. The Labute approximate surface area is 130 Å². The molecule has 1 aliphatic rings. The van der Waals surface area contributed by atoms with Crippen LogP contribution >= 0.6 is 11.6 Å². The maximum absolute atomic E-state index is 12.0. The number of aliphatic hydroxyl groups excluding tert-OH is 1. The summed E-state index contributed by atoms with van der Waals surface area (Å²) in [5.74, 6) is 0.640. The van der Waals surface area contributed by atoms with Crippen molar-refractivity contribution < 1.29 is 9.90 Å². The first-order chi connectivity index (χ1) is 10.0. The van der Waals surface area contributed by atoms with Crippen LogP contribution in [0.5, 0.6) is 0 Å². The van der Waals surface area contributed by atoms with E-state index in [0.717, 1.165) is 25.7 Å². The van der Waals surface area contributed by atoms with Gasteiger partial charge in [-0.3, -0.25) is 4.79 Å². The molecule has 0 atom stereocenters. The molecule has 116 valence electrons. The average Bonchev–Trinajstić information content (AvgIpc) is 2.95. The molecular formula is C15H22ClN3O2. The number of hydrogen-bond acceptors (Lipinski definition) is 4. The molecule has 0 radical (unpaired) electrons. The third-order valence-electron chi connectivity index (χ3n) is 4.14. The summed E-state index contributed by atoms with van der Waals surface area (Å²) in [5, 5.41) is 13.0. The van der Waals surface area contributed by atoms with Gasteiger partial charge in [0.25, 0.3) is 0 Å². The number of likely N-dealkylation sites (N-methyl/N-ethyl adjacent to an activating group) is 1. The van der Waals surface area contributed by atoms with Gasteiger partial charge in [0.1, 0.15) is 5.82 Å². The number of anilines is 1. The lowest BCUT2D eigenvalue weighted by molar-refractivity contribution is -0.120. The van der Waals surface area contributed by atoms with E-state index in [-0.39, 0.29) is 24.5 Å². The Morgan fingerprint density at radius 1 is 1.48 bits per heavy atom. The van der Waals surface area contributed by atoms with Crippen molar-refractivity contribution in [2.45, 2.75) is 25.7 Å². The summed E-state index contributed by atoms with van der Waals surface area (Å²) in [6, 6.07) is 3.53. The van der Waals surface area contributed by atoms with E-state index in [1.807, 2.05) is 7.05 Å². The molecule has 1 aromatic rings. The molecule has 21 heavy (non-hydrogen) atoms. The van der Waals surface area contributed by atoms with Crippen molar-refractivity contribution in [2.24, 2.45) is 5.41 Å². The smallest absolute Gasteiger partial charge is 0.239 e. The first-order valence-corrected chi connectivity index (χ1v) is 7.63. The number of carbonyl (C=O) groups excluding carboxylic acids is 1. The van der Waals surface area contributed by atoms with Gasteiger partial charge >= 0.3 is 0 Å². The number of hydrogen-bond donors (Lipinski definition) is 2. The van der Waals surface area contributed by atoms with Gasteiger partial charge in [0.2, 0.25) is 5.91 Å². The van der Waals surface area contributed by atoms with E-state index >= 15 is 0 Å². The second-order valence-electron chi connectivity index (χ2n) is 5.83. The van der Waals surface area contributed by atoms with Crippen LogP contribution in [0.2, 0.25) is 5.02 Å². The number of aliphatic hydroxyl groups is 1. The number of carbonyl (C=O) groups is 1. The predicted molar refractivity (Wildman–Crippen MR) is 83.5 cm³/mol. The molecule has 1 amide bonds. The molecule has 6 heteroatoms. The quantitative estimate of drug-likeness (QED) is 0.841. The van der Waals surface area contributed by atoms with Crippen molar-refractivity contribution in [3.63, 3.8) is 0 Å². The van der Waals surface area contributed by atoms with Gasteiger partial charge in [-0.2, -0.15) is 0 Å². The van der Waals surface area contributed by atoms with Crippen LogP contribution in [0.1, 0.15) is 25.7 Å². The fourth-order valence-corrected chi connectivity index (χ4v) is 2.86. The van der Waals surface area contributed by atoms with Crippen molar-refractivity contribution >= 4 is 23.3 Å². The second kappa shape index (κ2) is 7.09. The largest absolute Gasteiger partial charge is 0.396 e. The highest BCUT2D eigenvalue weighted by Crippen LogP contribution is 2.36. The van der Waals surface area contributed by atoms with Gasteiger partial charge in [-0.25, -0.2) is 4.98 Å². The molecule has 2 rings (SSSR count). The van der Waals surface area contributed by atoms with Crippen molar-refractivity contribution in [1.29, 1.82) is 0 Å². The van der Waals surface area contributed by atoms with Gasteiger partial charge in [0, 0.05) is 25.2 Å². The predicted octanol–water partition coefficient (Wildman–Crippen LogP) is 1.84. The van der Waals surface area contributed by atoms with Crippen LogP contribution in [0.3, 0.4) is 0 Å². The number of halogens is 1. The van der Waals surface area contributed by atoms with Crippen LogP contribution in [0, 0.1) is 5.41 Å². The SMILES string of the molecule is CN(CC(=O)NCC1(CO)CCCC1)c1ccc(Cl)cn1. The molecule has 0 bridgehead atoms. The third kappa shape index (κ3) is 4.32. The Balaban J connectivity index is 1.82. The highest BCUT2D eigenvalue weighted by molar-refractivity contribution is 6.30. The summed E-state index contributed by atoms with van der Waals surface area (Å²) >= 11 is 5.79. The Morgan fingerprint density at radius 3 is 2.76 bits per heavy atom. The maximum Gasteiger partial charge on any atom is 0.239 e. The topological polar surface area (TPSA) is 65.5 Å². The van der Waals surface area contributed by atoms with Gasteiger partial charge in [-0.1, -0.05) is 24.4 Å². The zero-order chi connectivity index (χ0) is 15.3. The monoisotopic (exact) mass is 311 g/mol. The summed E-state index contributed by atoms with van der Waals surface area (Å²) in [5.41, 5.74) is -0.118. The van der Waals surface area contributed by atoms with Crippen LogP contribution in [0.4, 0.5) is 5.82 Å². The summed E-state index contributed by atoms with van der Waals surface area (Å²) in [6.07, 6.45) is 5.79. The van der Waals surface area contributed by atoms with Crippen LogP contribution < -0.4 is 10.2 Å². The summed E-state index contributed by atoms with van der Waals surface area (Å²) in [4.78, 5) is 18.0. The van der Waals surface area contributed by atoms with E-state index in [0.29, 0.717) is 17.4 Å². The minimum absolute atomic E-state index is 0.0611. The molecule has 5 nitrogen and oxygen atoms in total. The minimum atomic E-state index is -0.118. The second-order valence-corrected chi connectivity index (χ2v) is 6.27. The summed E-state index contributed by atoms with van der Waals surface area (Å²) in [7, 11) is 1.81. The van der Waals surface area contributed by atoms with Gasteiger partial charge in [0.15, 0.2) is 0 Å². The Hall–Kier alpha value is -1.33. The van der Waals surface area contributed by atoms with Crippen LogP contribution in [0.15, 0.2) is 18.3 Å². The van der Waals surface area contributed by atoms with E-state index < -0.39 is 0 Å². The van der Waals surface area contributed by atoms with Crippen LogP contribution in [0.25, 0.3) is 0 Å². The molecule has 0 saturated heterocycles. The molecule has 1 heterocycles. The molecule has 0 unspecified atom stereocenters. The molecular weight excluding hydrogens is 290 g/mol. The molecule has 0 aromatic carbocycles. The van der Waals surface area contributed by atoms with Crippen molar-refractivity contribution in [3.05, 3.63) is 23.4 Å². The number of pyridine rings is 1. The van der Waals surface area contributed by atoms with E-state index in [1.54, 1.807) is 23.2 Å². The highest BCUT2D eigenvalue weighted by Gasteiger charge is 2.33. The maximum atomic E-state index is 12.0. The van der Waals surface area contributed by atoms with Crippen LogP contribution in [-0.2, 0) is 4.79 Å². The summed E-state index contributed by atoms with van der Waals surface area (Å²) in [6.45, 7) is 0.919. The van der Waals surface area contributed by atoms with Crippen molar-refractivity contribution in [3.8, 4) is 0 Å². The lowest BCUT2D eigenvalue weighted by atomic mass is 9.87. The lowest BCUT2D eigenvalue weighted by Gasteiger charge is -2.27. The lowest BCUT2D eigenvalue weighted by Crippen LogP contribution is -2.42. The molecule has 1 aromatic heterocycles. The zero-order valence-electron chi connectivity index (χ0n) is 12.3. The Bertz CT molecular complexity index is 472. The van der Waals surface area contributed by atoms with E-state index in [9.17, 15) is 9.90 Å². The standard InChI is InChI=1S/C15H22ClN3O2/c1-19(13-5-4-12(16)8-17-13)9-14(21)18-10-15(11-20)6-2-3-7-15/h4-5,8,20H,2-3,6-7,9-11H2,1H3,(H,18,21). The Kier molecular flexibility index (Phi) is 5.42. The number of nitrogens with zero attached hydrogens (tertiary/aromatic N) is 2. The molecule has 1 fully saturated rings. The molecule has 1 saturated carbocycles. The van der Waals surface area contributed by atoms with E-state index in [4.69, 9.17) is 11.6 Å². The fourth-order valence-electron chi connectivity index (χ4n) is 2.75. The van der Waals surface area contributed by atoms with E-state index in [2.05, 4.69) is 10.3 Å². The Morgan fingerprint density at radius 2 is 2.19 bits per heavy atom. The van der Waals surface area contributed by atoms with Crippen LogP contribution in [-0.4, -0.2) is 42.7 Å². The van der Waals surface area contributed by atoms with Gasteiger partial charge in [0.05, 0.1) is 18.2 Å². The highest BCUT2D eigenvalue weighted by atomic mass is 35.5. The number of amides is 1. The van der Waals surface area contributed by atoms with Gasteiger partial charge < -0.3 is 15.3 Å². The minimum Gasteiger partial charge on any atom is -0.396 e.